The highest BCUT2D eigenvalue weighted by Crippen LogP contribution is 2.22. The fourth-order valence-electron chi connectivity index (χ4n) is 1.43. The van der Waals surface area contributed by atoms with Crippen molar-refractivity contribution in [1.29, 1.82) is 0 Å². The van der Waals surface area contributed by atoms with Crippen LogP contribution >= 0.6 is 0 Å². The van der Waals surface area contributed by atoms with E-state index >= 15 is 0 Å². The normalized spacial score (nSPS) is 9.83. The first kappa shape index (κ1) is 12.1. The first-order chi connectivity index (χ1) is 8.78. The van der Waals surface area contributed by atoms with Crippen LogP contribution in [0.25, 0.3) is 0 Å². The molecule has 0 aliphatic carbocycles. The molecule has 0 unspecified atom stereocenters. The Bertz CT molecular complexity index is 511. The van der Waals surface area contributed by atoms with Crippen LogP contribution in [0.1, 0.15) is 0 Å². The first-order valence-corrected chi connectivity index (χ1v) is 5.47. The Hall–Kier alpha value is -2.36. The number of alkyl halides is 1. The molecular weight excluding hydrogens is 233 g/mol. The van der Waals surface area contributed by atoms with Gasteiger partial charge in [-0.15, -0.1) is 0 Å². The topological polar surface area (TPSA) is 38.3 Å². The Morgan fingerprint density at radius 2 is 1.61 bits per heavy atom. The van der Waals surface area contributed by atoms with E-state index in [1.54, 1.807) is 24.3 Å². The molecule has 0 saturated carbocycles. The molecule has 2 rings (SSSR count). The first-order valence-electron chi connectivity index (χ1n) is 5.47. The zero-order valence-electron chi connectivity index (χ0n) is 9.60. The number of benzene rings is 2. The molecule has 92 valence electrons. The van der Waals surface area contributed by atoms with Crippen LogP contribution in [-0.4, -0.2) is 12.6 Å². The minimum Gasteiger partial charge on any atom is -0.457 e. The summed E-state index contributed by atoms with van der Waals surface area (Å²) < 4.78 is 17.6. The summed E-state index contributed by atoms with van der Waals surface area (Å²) in [5.74, 6) is 0.726. The Labute approximate surface area is 104 Å². The Morgan fingerprint density at radius 1 is 1.00 bits per heavy atom. The maximum Gasteiger partial charge on any atom is 0.255 e. The van der Waals surface area contributed by atoms with Crippen molar-refractivity contribution in [3.05, 3.63) is 54.6 Å². The molecule has 4 heteroatoms. The standard InChI is InChI=1S/C14H12FNO2/c15-10-14(17)16-11-6-8-13(9-7-11)18-12-4-2-1-3-5-12/h1-9H,10H2,(H,16,17). The molecule has 2 aromatic carbocycles. The number of para-hydroxylation sites is 1. The third-order valence-electron chi connectivity index (χ3n) is 2.24. The molecule has 0 aliphatic rings. The Kier molecular flexibility index (Phi) is 3.91. The maximum absolute atomic E-state index is 12.0. The van der Waals surface area contributed by atoms with E-state index in [4.69, 9.17) is 4.74 Å². The number of ether oxygens (including phenoxy) is 1. The van der Waals surface area contributed by atoms with Crippen LogP contribution in [-0.2, 0) is 4.79 Å². The van der Waals surface area contributed by atoms with Crippen LogP contribution < -0.4 is 10.1 Å². The summed E-state index contributed by atoms with van der Waals surface area (Å²) >= 11 is 0. The molecule has 0 atom stereocenters. The van der Waals surface area contributed by atoms with Gasteiger partial charge in [0.2, 0.25) is 0 Å². The van der Waals surface area contributed by atoms with Gasteiger partial charge in [0.05, 0.1) is 0 Å². The van der Waals surface area contributed by atoms with Crippen LogP contribution in [0.5, 0.6) is 11.5 Å². The van der Waals surface area contributed by atoms with Gasteiger partial charge in [-0.05, 0) is 36.4 Å². The summed E-state index contributed by atoms with van der Waals surface area (Å²) in [5, 5.41) is 2.41. The predicted octanol–water partition coefficient (Wildman–Crippen LogP) is 3.39. The van der Waals surface area contributed by atoms with E-state index in [1.807, 2.05) is 30.3 Å². The smallest absolute Gasteiger partial charge is 0.255 e. The van der Waals surface area contributed by atoms with Gasteiger partial charge in [0, 0.05) is 5.69 Å². The number of rotatable bonds is 4. The molecule has 2 aromatic rings. The van der Waals surface area contributed by atoms with Gasteiger partial charge in [0.15, 0.2) is 6.67 Å². The van der Waals surface area contributed by atoms with Crippen molar-refractivity contribution in [1.82, 2.24) is 0 Å². The van der Waals surface area contributed by atoms with Gasteiger partial charge in [-0.2, -0.15) is 0 Å². The highest BCUT2D eigenvalue weighted by Gasteiger charge is 2.01. The summed E-state index contributed by atoms with van der Waals surface area (Å²) in [4.78, 5) is 10.8. The minimum absolute atomic E-state index is 0.540. The van der Waals surface area contributed by atoms with Crippen LogP contribution in [0.2, 0.25) is 0 Å². The minimum atomic E-state index is -1.03. The molecule has 0 bridgehead atoms. The van der Waals surface area contributed by atoms with Crippen LogP contribution in [0, 0.1) is 0 Å². The number of hydrogen-bond donors (Lipinski definition) is 1. The summed E-state index contributed by atoms with van der Waals surface area (Å²) in [5.41, 5.74) is 0.540. The van der Waals surface area contributed by atoms with Gasteiger partial charge in [-0.1, -0.05) is 18.2 Å². The van der Waals surface area contributed by atoms with Gasteiger partial charge in [0.1, 0.15) is 11.5 Å². The SMILES string of the molecule is O=C(CF)Nc1ccc(Oc2ccccc2)cc1. The van der Waals surface area contributed by atoms with Crippen LogP contribution in [0.3, 0.4) is 0 Å². The Morgan fingerprint density at radius 3 is 2.22 bits per heavy atom. The average Bonchev–Trinajstić information content (AvgIpc) is 2.42. The highest BCUT2D eigenvalue weighted by atomic mass is 19.1. The molecule has 0 heterocycles. The molecule has 0 radical (unpaired) electrons. The zero-order chi connectivity index (χ0) is 12.8. The maximum atomic E-state index is 12.0. The van der Waals surface area contributed by atoms with Crippen molar-refractivity contribution in [3.63, 3.8) is 0 Å². The largest absolute Gasteiger partial charge is 0.457 e. The summed E-state index contributed by atoms with van der Waals surface area (Å²) in [6.07, 6.45) is 0. The fraction of sp³-hybridized carbons (Fsp3) is 0.0714. The van der Waals surface area contributed by atoms with Crippen molar-refractivity contribution < 1.29 is 13.9 Å². The number of halogens is 1. The second-order valence-electron chi connectivity index (χ2n) is 3.62. The van der Waals surface area contributed by atoms with Gasteiger partial charge < -0.3 is 10.1 Å². The van der Waals surface area contributed by atoms with E-state index in [0.717, 1.165) is 5.75 Å². The van der Waals surface area contributed by atoms with Gasteiger partial charge in [0.25, 0.3) is 5.91 Å². The van der Waals surface area contributed by atoms with Crippen molar-refractivity contribution in [2.75, 3.05) is 12.0 Å². The second kappa shape index (κ2) is 5.82. The molecule has 0 spiro atoms. The van der Waals surface area contributed by atoms with Crippen molar-refractivity contribution in [3.8, 4) is 11.5 Å². The van der Waals surface area contributed by atoms with Gasteiger partial charge in [-0.3, -0.25) is 4.79 Å². The number of carbonyl (C=O) groups is 1. The number of amides is 1. The van der Waals surface area contributed by atoms with Crippen molar-refractivity contribution in [2.45, 2.75) is 0 Å². The van der Waals surface area contributed by atoms with E-state index in [0.29, 0.717) is 11.4 Å². The number of nitrogens with one attached hydrogen (secondary N) is 1. The fourth-order valence-corrected chi connectivity index (χ4v) is 1.43. The lowest BCUT2D eigenvalue weighted by molar-refractivity contribution is -0.117. The molecule has 1 amide bonds. The monoisotopic (exact) mass is 245 g/mol. The highest BCUT2D eigenvalue weighted by molar-refractivity contribution is 5.91. The summed E-state index contributed by atoms with van der Waals surface area (Å²) in [7, 11) is 0. The van der Waals surface area contributed by atoms with Gasteiger partial charge >= 0.3 is 0 Å². The molecule has 3 nitrogen and oxygen atoms in total. The second-order valence-corrected chi connectivity index (χ2v) is 3.62. The van der Waals surface area contributed by atoms with E-state index in [1.165, 1.54) is 0 Å². The quantitative estimate of drug-likeness (QED) is 0.896. The third-order valence-corrected chi connectivity index (χ3v) is 2.24. The molecular formula is C14H12FNO2. The zero-order valence-corrected chi connectivity index (χ0v) is 9.60. The summed E-state index contributed by atoms with van der Waals surface area (Å²) in [6, 6.07) is 16.1. The van der Waals surface area contributed by atoms with E-state index in [2.05, 4.69) is 5.32 Å². The number of anilines is 1. The van der Waals surface area contributed by atoms with Crippen LogP contribution in [0.15, 0.2) is 54.6 Å². The van der Waals surface area contributed by atoms with Crippen LogP contribution in [0.4, 0.5) is 10.1 Å². The van der Waals surface area contributed by atoms with Gasteiger partial charge in [-0.25, -0.2) is 4.39 Å². The third kappa shape index (κ3) is 3.31. The lowest BCUT2D eigenvalue weighted by atomic mass is 10.3. The summed E-state index contributed by atoms with van der Waals surface area (Å²) in [6.45, 7) is -1.03. The number of carbonyl (C=O) groups excluding carboxylic acids is 1. The number of hydrogen-bond acceptors (Lipinski definition) is 2. The molecule has 18 heavy (non-hydrogen) atoms. The predicted molar refractivity (Wildman–Crippen MR) is 67.6 cm³/mol. The molecule has 0 aromatic heterocycles. The molecule has 0 fully saturated rings. The van der Waals surface area contributed by atoms with Crippen molar-refractivity contribution >= 4 is 11.6 Å². The average molecular weight is 245 g/mol. The molecule has 0 aliphatic heterocycles. The Balaban J connectivity index is 2.02. The lowest BCUT2D eigenvalue weighted by Gasteiger charge is -2.07. The van der Waals surface area contributed by atoms with E-state index in [9.17, 15) is 9.18 Å². The van der Waals surface area contributed by atoms with E-state index < -0.39 is 12.6 Å². The molecule has 1 N–H and O–H groups in total. The van der Waals surface area contributed by atoms with E-state index in [-0.39, 0.29) is 0 Å². The molecule has 0 saturated heterocycles. The van der Waals surface area contributed by atoms with Crippen molar-refractivity contribution in [2.24, 2.45) is 0 Å². The lowest BCUT2D eigenvalue weighted by Crippen LogP contribution is -2.12.